The van der Waals surface area contributed by atoms with Gasteiger partial charge in [0.05, 0.1) is 15.6 Å². The molecule has 1 aliphatic heterocycles. The largest absolute Gasteiger partial charge is 0.411 e. The highest BCUT2D eigenvalue weighted by Crippen LogP contribution is 2.36. The van der Waals surface area contributed by atoms with Gasteiger partial charge in [0.15, 0.2) is 0 Å². The SMILES string of the molecule is C[C@H]1/C(=N/O)C[C@H](c2ccc([N+](=O)[O-])cc2)N[C@@H]1c1ccc([N+](=O)[O-])cc1. The molecule has 0 bridgehead atoms. The van der Waals surface area contributed by atoms with E-state index in [4.69, 9.17) is 0 Å². The van der Waals surface area contributed by atoms with E-state index in [9.17, 15) is 25.4 Å². The average Bonchev–Trinajstić information content (AvgIpc) is 2.68. The summed E-state index contributed by atoms with van der Waals surface area (Å²) in [7, 11) is 0. The number of nitrogens with one attached hydrogen (secondary N) is 1. The predicted octanol–water partition coefficient (Wildman–Crippen LogP) is 3.75. The Labute approximate surface area is 154 Å². The van der Waals surface area contributed by atoms with Gasteiger partial charge in [0, 0.05) is 48.7 Å². The van der Waals surface area contributed by atoms with Crippen molar-refractivity contribution in [3.63, 3.8) is 0 Å². The first-order valence-corrected chi connectivity index (χ1v) is 8.36. The lowest BCUT2D eigenvalue weighted by molar-refractivity contribution is -0.385. The van der Waals surface area contributed by atoms with Crippen LogP contribution in [0.1, 0.15) is 36.6 Å². The number of hydrogen-bond donors (Lipinski definition) is 2. The molecule has 3 atom stereocenters. The van der Waals surface area contributed by atoms with E-state index < -0.39 is 9.85 Å². The fourth-order valence-electron chi connectivity index (χ4n) is 3.37. The number of benzene rings is 2. The van der Waals surface area contributed by atoms with Gasteiger partial charge in [0.1, 0.15) is 0 Å². The van der Waals surface area contributed by atoms with E-state index in [1.807, 2.05) is 6.92 Å². The van der Waals surface area contributed by atoms with Crippen molar-refractivity contribution in [3.8, 4) is 0 Å². The predicted molar refractivity (Wildman–Crippen MR) is 97.8 cm³/mol. The maximum atomic E-state index is 10.9. The van der Waals surface area contributed by atoms with Gasteiger partial charge in [-0.15, -0.1) is 0 Å². The monoisotopic (exact) mass is 370 g/mol. The number of piperidine rings is 1. The number of non-ortho nitro benzene ring substituents is 2. The van der Waals surface area contributed by atoms with Gasteiger partial charge in [-0.1, -0.05) is 36.3 Å². The number of nitrogens with zero attached hydrogens (tertiary/aromatic N) is 3. The van der Waals surface area contributed by atoms with Crippen LogP contribution in [0.15, 0.2) is 53.7 Å². The summed E-state index contributed by atoms with van der Waals surface area (Å²) in [5.41, 5.74) is 2.28. The normalized spacial score (nSPS) is 23.9. The van der Waals surface area contributed by atoms with Crippen LogP contribution in [-0.2, 0) is 0 Å². The van der Waals surface area contributed by atoms with Crippen molar-refractivity contribution >= 4 is 17.1 Å². The third kappa shape index (κ3) is 3.77. The van der Waals surface area contributed by atoms with E-state index in [0.717, 1.165) is 11.1 Å². The van der Waals surface area contributed by atoms with Gasteiger partial charge in [-0.3, -0.25) is 20.2 Å². The van der Waals surface area contributed by atoms with Crippen molar-refractivity contribution in [1.29, 1.82) is 0 Å². The van der Waals surface area contributed by atoms with Gasteiger partial charge < -0.3 is 10.5 Å². The number of hydrogen-bond acceptors (Lipinski definition) is 7. The average molecular weight is 370 g/mol. The van der Waals surface area contributed by atoms with Gasteiger partial charge in [-0.05, 0) is 11.1 Å². The summed E-state index contributed by atoms with van der Waals surface area (Å²) >= 11 is 0. The Balaban J connectivity index is 1.89. The van der Waals surface area contributed by atoms with E-state index in [-0.39, 0.29) is 29.4 Å². The minimum absolute atomic E-state index is 0.00480. The Morgan fingerprint density at radius 1 is 0.963 bits per heavy atom. The van der Waals surface area contributed by atoms with E-state index >= 15 is 0 Å². The van der Waals surface area contributed by atoms with Crippen molar-refractivity contribution in [2.24, 2.45) is 11.1 Å². The minimum atomic E-state index is -0.458. The molecule has 27 heavy (non-hydrogen) atoms. The standard InChI is InChI=1S/C18H18N4O5/c1-11-16(20-23)10-17(12-2-6-14(7-3-12)21(24)25)19-18(11)13-4-8-15(9-5-13)22(26)27/h2-9,11,17-19,23H,10H2,1H3/b20-16+/t11-,17+,18-/m0/s1. The Morgan fingerprint density at radius 2 is 1.44 bits per heavy atom. The molecule has 0 radical (unpaired) electrons. The minimum Gasteiger partial charge on any atom is -0.411 e. The molecule has 2 N–H and O–H groups in total. The van der Waals surface area contributed by atoms with Gasteiger partial charge in [0.25, 0.3) is 11.4 Å². The lowest BCUT2D eigenvalue weighted by Crippen LogP contribution is -2.41. The number of rotatable bonds is 4. The molecule has 140 valence electrons. The molecule has 9 heteroatoms. The number of nitro groups is 2. The highest BCUT2D eigenvalue weighted by Gasteiger charge is 2.34. The molecule has 2 aromatic rings. The van der Waals surface area contributed by atoms with Crippen LogP contribution in [0.5, 0.6) is 0 Å². The lowest BCUT2D eigenvalue weighted by Gasteiger charge is -2.37. The lowest BCUT2D eigenvalue weighted by atomic mass is 9.81. The van der Waals surface area contributed by atoms with Gasteiger partial charge >= 0.3 is 0 Å². The number of nitro benzene ring substituents is 2. The van der Waals surface area contributed by atoms with Gasteiger partial charge in [-0.25, -0.2) is 0 Å². The van der Waals surface area contributed by atoms with Crippen molar-refractivity contribution in [2.45, 2.75) is 25.4 Å². The second kappa shape index (κ2) is 7.50. The first kappa shape index (κ1) is 18.5. The Bertz CT molecular complexity index is 880. The molecular weight excluding hydrogens is 352 g/mol. The van der Waals surface area contributed by atoms with Crippen LogP contribution in [0.4, 0.5) is 11.4 Å². The Morgan fingerprint density at radius 3 is 1.89 bits per heavy atom. The molecule has 0 unspecified atom stereocenters. The number of oxime groups is 1. The molecule has 0 amide bonds. The maximum absolute atomic E-state index is 10.9. The van der Waals surface area contributed by atoms with Crippen LogP contribution >= 0.6 is 0 Å². The fourth-order valence-corrected chi connectivity index (χ4v) is 3.37. The van der Waals surface area contributed by atoms with Crippen molar-refractivity contribution in [3.05, 3.63) is 79.9 Å². The second-order valence-corrected chi connectivity index (χ2v) is 6.48. The first-order valence-electron chi connectivity index (χ1n) is 8.36. The molecule has 0 saturated carbocycles. The van der Waals surface area contributed by atoms with Crippen LogP contribution in [0.2, 0.25) is 0 Å². The van der Waals surface area contributed by atoms with Crippen LogP contribution in [-0.4, -0.2) is 20.8 Å². The first-order chi connectivity index (χ1) is 12.9. The van der Waals surface area contributed by atoms with E-state index in [2.05, 4.69) is 10.5 Å². The summed E-state index contributed by atoms with van der Waals surface area (Å²) < 4.78 is 0. The Kier molecular flexibility index (Phi) is 5.13. The second-order valence-electron chi connectivity index (χ2n) is 6.48. The molecule has 0 spiro atoms. The zero-order valence-corrected chi connectivity index (χ0v) is 14.5. The molecular formula is C18H18N4O5. The quantitative estimate of drug-likeness (QED) is 0.479. The smallest absolute Gasteiger partial charge is 0.269 e. The Hall–Kier alpha value is -3.33. The highest BCUT2D eigenvalue weighted by atomic mass is 16.6. The van der Waals surface area contributed by atoms with Crippen LogP contribution in [0.25, 0.3) is 0 Å². The fraction of sp³-hybridized carbons (Fsp3) is 0.278. The molecule has 9 nitrogen and oxygen atoms in total. The van der Waals surface area contributed by atoms with Gasteiger partial charge in [0.2, 0.25) is 0 Å². The zero-order chi connectivity index (χ0) is 19.6. The molecule has 3 rings (SSSR count). The third-order valence-electron chi connectivity index (χ3n) is 4.92. The maximum Gasteiger partial charge on any atom is 0.269 e. The van der Waals surface area contributed by atoms with Crippen molar-refractivity contribution in [1.82, 2.24) is 5.32 Å². The summed E-state index contributed by atoms with van der Waals surface area (Å²) in [6.07, 6.45) is 0.457. The highest BCUT2D eigenvalue weighted by molar-refractivity contribution is 5.88. The summed E-state index contributed by atoms with van der Waals surface area (Å²) in [5.74, 6) is -0.120. The summed E-state index contributed by atoms with van der Waals surface area (Å²) in [4.78, 5) is 20.8. The molecule has 1 aliphatic rings. The summed E-state index contributed by atoms with van der Waals surface area (Å²) in [6.45, 7) is 1.92. The van der Waals surface area contributed by atoms with E-state index in [0.29, 0.717) is 12.1 Å². The third-order valence-corrected chi connectivity index (χ3v) is 4.92. The zero-order valence-electron chi connectivity index (χ0n) is 14.5. The van der Waals surface area contributed by atoms with Crippen molar-refractivity contribution in [2.75, 3.05) is 0 Å². The molecule has 1 fully saturated rings. The topological polar surface area (TPSA) is 131 Å². The van der Waals surface area contributed by atoms with E-state index in [1.165, 1.54) is 24.3 Å². The van der Waals surface area contributed by atoms with E-state index in [1.54, 1.807) is 24.3 Å². The summed E-state index contributed by atoms with van der Waals surface area (Å²) in [5, 5.41) is 38.0. The molecule has 1 saturated heterocycles. The molecule has 0 aromatic heterocycles. The van der Waals surface area contributed by atoms with Crippen LogP contribution < -0.4 is 5.32 Å². The molecule has 0 aliphatic carbocycles. The van der Waals surface area contributed by atoms with Crippen LogP contribution in [0.3, 0.4) is 0 Å². The molecule has 1 heterocycles. The summed E-state index contributed by atoms with van der Waals surface area (Å²) in [6, 6.07) is 12.0. The van der Waals surface area contributed by atoms with Gasteiger partial charge in [-0.2, -0.15) is 0 Å². The molecule has 2 aromatic carbocycles. The van der Waals surface area contributed by atoms with Crippen molar-refractivity contribution < 1.29 is 15.1 Å². The van der Waals surface area contributed by atoms with Crippen LogP contribution in [0, 0.1) is 26.1 Å².